The molecule has 1 fully saturated rings. The molecule has 0 aliphatic carbocycles. The van der Waals surface area contributed by atoms with Gasteiger partial charge in [0.25, 0.3) is 5.91 Å². The third-order valence-corrected chi connectivity index (χ3v) is 4.95. The number of aromatic nitrogens is 1. The Bertz CT molecular complexity index is 460. The number of rotatable bonds is 5. The summed E-state index contributed by atoms with van der Waals surface area (Å²) in [5, 5.41) is 1.04. The van der Waals surface area contributed by atoms with Gasteiger partial charge in [0.2, 0.25) is 0 Å². The van der Waals surface area contributed by atoms with Gasteiger partial charge in [-0.3, -0.25) is 10.2 Å². The highest BCUT2D eigenvalue weighted by atomic mass is 32.1. The molecular weight excluding hydrogens is 272 g/mol. The maximum absolute atomic E-state index is 11.7. The zero-order valence-electron chi connectivity index (χ0n) is 12.3. The molecular formula is C14H24N4OS. The molecule has 1 atom stereocenters. The lowest BCUT2D eigenvalue weighted by molar-refractivity contribution is 0.0956. The molecule has 0 spiro atoms. The molecule has 1 aliphatic heterocycles. The van der Waals surface area contributed by atoms with Gasteiger partial charge in [-0.05, 0) is 31.7 Å². The summed E-state index contributed by atoms with van der Waals surface area (Å²) < 4.78 is 0. The number of nitrogens with two attached hydrogens (primary N) is 1. The van der Waals surface area contributed by atoms with Crippen LogP contribution in [-0.4, -0.2) is 35.4 Å². The van der Waals surface area contributed by atoms with Crippen LogP contribution in [0.1, 0.15) is 47.1 Å². The largest absolute Gasteiger partial charge is 0.303 e. The van der Waals surface area contributed by atoms with Crippen LogP contribution in [0.5, 0.6) is 0 Å². The third kappa shape index (κ3) is 3.77. The van der Waals surface area contributed by atoms with Gasteiger partial charge in [0, 0.05) is 19.5 Å². The summed E-state index contributed by atoms with van der Waals surface area (Å²) in [7, 11) is 0. The molecule has 0 saturated carbocycles. The van der Waals surface area contributed by atoms with Crippen molar-refractivity contribution in [2.75, 3.05) is 19.6 Å². The number of carbonyl (C=O) groups is 1. The van der Waals surface area contributed by atoms with E-state index in [-0.39, 0.29) is 5.91 Å². The first-order valence-electron chi connectivity index (χ1n) is 7.36. The normalized spacial score (nSPS) is 20.1. The lowest BCUT2D eigenvalue weighted by atomic mass is 10.0. The molecule has 1 aliphatic rings. The number of nitrogens with zero attached hydrogens (tertiary/aromatic N) is 2. The van der Waals surface area contributed by atoms with Crippen LogP contribution >= 0.6 is 11.3 Å². The van der Waals surface area contributed by atoms with Crippen molar-refractivity contribution in [2.24, 2.45) is 11.8 Å². The maximum atomic E-state index is 11.7. The van der Waals surface area contributed by atoms with E-state index < -0.39 is 0 Å². The highest BCUT2D eigenvalue weighted by Crippen LogP contribution is 2.21. The number of piperidine rings is 1. The molecule has 6 heteroatoms. The van der Waals surface area contributed by atoms with E-state index in [0.717, 1.165) is 36.0 Å². The second-order valence-electron chi connectivity index (χ2n) is 5.51. The molecule has 0 aromatic carbocycles. The molecule has 1 saturated heterocycles. The number of hydrazine groups is 1. The second-order valence-corrected chi connectivity index (χ2v) is 6.59. The van der Waals surface area contributed by atoms with Crippen molar-refractivity contribution in [3.63, 3.8) is 0 Å². The van der Waals surface area contributed by atoms with Gasteiger partial charge < -0.3 is 4.90 Å². The molecule has 1 unspecified atom stereocenters. The Morgan fingerprint density at radius 3 is 3.05 bits per heavy atom. The fourth-order valence-electron chi connectivity index (χ4n) is 2.73. The van der Waals surface area contributed by atoms with Gasteiger partial charge in [0.1, 0.15) is 4.88 Å². The summed E-state index contributed by atoms with van der Waals surface area (Å²) >= 11 is 1.48. The van der Waals surface area contributed by atoms with E-state index in [2.05, 4.69) is 22.2 Å². The third-order valence-electron chi connectivity index (χ3n) is 3.80. The van der Waals surface area contributed by atoms with Crippen LogP contribution in [0.25, 0.3) is 0 Å². The molecule has 0 radical (unpaired) electrons. The number of nitrogens with one attached hydrogen (secondary N) is 1. The summed E-state index contributed by atoms with van der Waals surface area (Å²) in [6.45, 7) is 7.73. The zero-order valence-corrected chi connectivity index (χ0v) is 13.1. The molecule has 3 N–H and O–H groups in total. The number of likely N-dealkylation sites (tertiary alicyclic amines) is 1. The summed E-state index contributed by atoms with van der Waals surface area (Å²) in [5.41, 5.74) is 3.06. The van der Waals surface area contributed by atoms with Crippen LogP contribution < -0.4 is 11.3 Å². The van der Waals surface area contributed by atoms with E-state index >= 15 is 0 Å². The van der Waals surface area contributed by atoms with Crippen LogP contribution in [0.3, 0.4) is 0 Å². The van der Waals surface area contributed by atoms with Crippen LogP contribution in [0, 0.1) is 5.92 Å². The lowest BCUT2D eigenvalue weighted by Crippen LogP contribution is -2.35. The molecule has 1 aromatic heterocycles. The molecule has 5 nitrogen and oxygen atoms in total. The summed E-state index contributed by atoms with van der Waals surface area (Å²) in [4.78, 5) is 19.4. The Hall–Kier alpha value is -0.980. The van der Waals surface area contributed by atoms with E-state index in [1.165, 1.54) is 37.3 Å². The Labute approximate surface area is 124 Å². The summed E-state index contributed by atoms with van der Waals surface area (Å²) in [5.74, 6) is 5.79. The van der Waals surface area contributed by atoms with Gasteiger partial charge in [-0.1, -0.05) is 13.8 Å². The Balaban J connectivity index is 1.95. The fraction of sp³-hybridized carbons (Fsp3) is 0.714. The highest BCUT2D eigenvalue weighted by molar-refractivity contribution is 7.13. The maximum Gasteiger partial charge on any atom is 0.277 e. The van der Waals surface area contributed by atoms with Gasteiger partial charge in [-0.2, -0.15) is 0 Å². The van der Waals surface area contributed by atoms with Crippen molar-refractivity contribution < 1.29 is 4.79 Å². The molecule has 1 amide bonds. The van der Waals surface area contributed by atoms with Crippen molar-refractivity contribution in [2.45, 2.75) is 39.5 Å². The smallest absolute Gasteiger partial charge is 0.277 e. The number of thiazole rings is 1. The SMILES string of the molecule is CCc1nc(CCN2CCCC(C)C2)sc1C(=O)NN. The van der Waals surface area contributed by atoms with Crippen molar-refractivity contribution in [3.05, 3.63) is 15.6 Å². The molecule has 20 heavy (non-hydrogen) atoms. The van der Waals surface area contributed by atoms with Gasteiger partial charge in [-0.15, -0.1) is 11.3 Å². The average molecular weight is 296 g/mol. The Morgan fingerprint density at radius 1 is 1.60 bits per heavy atom. The number of aryl methyl sites for hydroxylation is 1. The minimum atomic E-state index is -0.225. The predicted molar refractivity (Wildman–Crippen MR) is 81.7 cm³/mol. The Morgan fingerprint density at radius 2 is 2.40 bits per heavy atom. The van der Waals surface area contributed by atoms with Crippen molar-refractivity contribution in [1.29, 1.82) is 0 Å². The van der Waals surface area contributed by atoms with Crippen LogP contribution in [0.2, 0.25) is 0 Å². The zero-order chi connectivity index (χ0) is 14.5. The van der Waals surface area contributed by atoms with Gasteiger partial charge in [0.15, 0.2) is 0 Å². The van der Waals surface area contributed by atoms with E-state index in [9.17, 15) is 4.79 Å². The quantitative estimate of drug-likeness (QED) is 0.492. The molecule has 1 aromatic rings. The van der Waals surface area contributed by atoms with Gasteiger partial charge in [0.05, 0.1) is 10.7 Å². The monoisotopic (exact) mass is 296 g/mol. The Kier molecular flexibility index (Phi) is 5.51. The van der Waals surface area contributed by atoms with E-state index in [0.29, 0.717) is 4.88 Å². The molecule has 112 valence electrons. The molecule has 0 bridgehead atoms. The van der Waals surface area contributed by atoms with Crippen molar-refractivity contribution >= 4 is 17.2 Å². The van der Waals surface area contributed by atoms with E-state index in [4.69, 9.17) is 5.84 Å². The molecule has 2 heterocycles. The van der Waals surface area contributed by atoms with Gasteiger partial charge >= 0.3 is 0 Å². The van der Waals surface area contributed by atoms with Crippen LogP contribution in [-0.2, 0) is 12.8 Å². The van der Waals surface area contributed by atoms with E-state index in [1.54, 1.807) is 0 Å². The van der Waals surface area contributed by atoms with Crippen LogP contribution in [0.15, 0.2) is 0 Å². The summed E-state index contributed by atoms with van der Waals surface area (Å²) in [6, 6.07) is 0. The van der Waals surface area contributed by atoms with Crippen LogP contribution in [0.4, 0.5) is 0 Å². The summed E-state index contributed by atoms with van der Waals surface area (Å²) in [6.07, 6.45) is 4.32. The van der Waals surface area contributed by atoms with Gasteiger partial charge in [-0.25, -0.2) is 10.8 Å². The number of amides is 1. The first kappa shape index (κ1) is 15.4. The first-order valence-corrected chi connectivity index (χ1v) is 8.17. The first-order chi connectivity index (χ1) is 9.63. The average Bonchev–Trinajstić information content (AvgIpc) is 2.87. The van der Waals surface area contributed by atoms with Crippen molar-refractivity contribution in [3.8, 4) is 0 Å². The number of hydrogen-bond acceptors (Lipinski definition) is 5. The van der Waals surface area contributed by atoms with E-state index in [1.807, 2.05) is 6.92 Å². The predicted octanol–water partition coefficient (Wildman–Crippen LogP) is 1.58. The minimum Gasteiger partial charge on any atom is -0.303 e. The number of carbonyl (C=O) groups excluding carboxylic acids is 1. The minimum absolute atomic E-state index is 0.225. The lowest BCUT2D eigenvalue weighted by Gasteiger charge is -2.30. The second kappa shape index (κ2) is 7.15. The van der Waals surface area contributed by atoms with Crippen molar-refractivity contribution in [1.82, 2.24) is 15.3 Å². The number of hydrogen-bond donors (Lipinski definition) is 2. The highest BCUT2D eigenvalue weighted by Gasteiger charge is 2.19. The molecule has 2 rings (SSSR count). The topological polar surface area (TPSA) is 71.2 Å². The number of nitrogen functional groups attached to an aromatic ring is 1. The standard InChI is InChI=1S/C14H24N4OS/c1-3-11-13(14(19)17-15)20-12(16-11)6-8-18-7-4-5-10(2)9-18/h10H,3-9,15H2,1-2H3,(H,17,19). The fourth-order valence-corrected chi connectivity index (χ4v) is 3.78.